The SMILES string of the molecule is COC(=O)[C@H]1Cc2c([nH]c3ccccc23)[C@H]2CN(C(=O)Cc3ccccc3)CC(=O)N12. The van der Waals surface area contributed by atoms with E-state index >= 15 is 0 Å². The first-order chi connectivity index (χ1) is 15.1. The number of para-hydroxylation sites is 1. The molecule has 1 fully saturated rings. The Morgan fingerprint density at radius 1 is 1.10 bits per heavy atom. The molecule has 1 saturated heterocycles. The van der Waals surface area contributed by atoms with Crippen LogP contribution >= 0.6 is 0 Å². The van der Waals surface area contributed by atoms with Gasteiger partial charge in [0.1, 0.15) is 6.04 Å². The summed E-state index contributed by atoms with van der Waals surface area (Å²) in [5.41, 5.74) is 3.77. The van der Waals surface area contributed by atoms with E-state index in [2.05, 4.69) is 4.98 Å². The number of amides is 2. The second kappa shape index (κ2) is 7.58. The van der Waals surface area contributed by atoms with Crippen molar-refractivity contribution >= 4 is 28.7 Å². The highest BCUT2D eigenvalue weighted by atomic mass is 16.5. The van der Waals surface area contributed by atoms with Gasteiger partial charge >= 0.3 is 5.97 Å². The first-order valence-electron chi connectivity index (χ1n) is 10.4. The van der Waals surface area contributed by atoms with Gasteiger partial charge in [0.15, 0.2) is 0 Å². The molecule has 0 bridgehead atoms. The molecule has 7 nitrogen and oxygen atoms in total. The number of nitrogens with one attached hydrogen (secondary N) is 1. The largest absolute Gasteiger partial charge is 0.467 e. The number of carbonyl (C=O) groups excluding carboxylic acids is 3. The lowest BCUT2D eigenvalue weighted by Crippen LogP contribution is -2.61. The zero-order valence-electron chi connectivity index (χ0n) is 17.2. The molecule has 0 radical (unpaired) electrons. The van der Waals surface area contributed by atoms with Crippen molar-refractivity contribution < 1.29 is 19.1 Å². The number of ether oxygens (including phenoxy) is 1. The summed E-state index contributed by atoms with van der Waals surface area (Å²) in [5.74, 6) is -0.771. The van der Waals surface area contributed by atoms with Crippen LogP contribution in [0.1, 0.15) is 22.9 Å². The maximum absolute atomic E-state index is 13.2. The van der Waals surface area contributed by atoms with Gasteiger partial charge in [-0.3, -0.25) is 9.59 Å². The van der Waals surface area contributed by atoms with Crippen LogP contribution in [0.2, 0.25) is 0 Å². The Morgan fingerprint density at radius 2 is 1.84 bits per heavy atom. The molecule has 0 aliphatic carbocycles. The molecule has 2 atom stereocenters. The van der Waals surface area contributed by atoms with Crippen molar-refractivity contribution in [2.75, 3.05) is 20.2 Å². The van der Waals surface area contributed by atoms with Crippen LogP contribution in [-0.2, 0) is 32.0 Å². The van der Waals surface area contributed by atoms with Gasteiger partial charge in [-0.1, -0.05) is 48.5 Å². The third-order valence-electron chi connectivity index (χ3n) is 6.28. The van der Waals surface area contributed by atoms with Crippen molar-refractivity contribution in [2.45, 2.75) is 24.9 Å². The molecule has 31 heavy (non-hydrogen) atoms. The summed E-state index contributed by atoms with van der Waals surface area (Å²) in [6, 6.07) is 16.3. The lowest BCUT2D eigenvalue weighted by Gasteiger charge is -2.46. The van der Waals surface area contributed by atoms with E-state index < -0.39 is 18.1 Å². The average Bonchev–Trinajstić information content (AvgIpc) is 3.17. The highest BCUT2D eigenvalue weighted by Gasteiger charge is 2.47. The molecule has 3 heterocycles. The topological polar surface area (TPSA) is 82.7 Å². The fraction of sp³-hybridized carbons (Fsp3) is 0.292. The highest BCUT2D eigenvalue weighted by molar-refractivity contribution is 5.93. The Balaban J connectivity index is 1.52. The molecule has 158 valence electrons. The fourth-order valence-electron chi connectivity index (χ4n) is 4.82. The quantitative estimate of drug-likeness (QED) is 0.663. The Labute approximate surface area is 179 Å². The summed E-state index contributed by atoms with van der Waals surface area (Å²) in [6.45, 7) is 0.302. The van der Waals surface area contributed by atoms with Crippen LogP contribution in [0, 0.1) is 0 Å². The molecule has 2 aromatic carbocycles. The van der Waals surface area contributed by atoms with Crippen LogP contribution in [0.4, 0.5) is 0 Å². The number of rotatable bonds is 3. The number of methoxy groups -OCH3 is 1. The molecule has 3 aromatic rings. The zero-order valence-corrected chi connectivity index (χ0v) is 17.2. The van der Waals surface area contributed by atoms with Crippen LogP contribution in [0.5, 0.6) is 0 Å². The summed E-state index contributed by atoms with van der Waals surface area (Å²) in [7, 11) is 1.34. The number of hydrogen-bond donors (Lipinski definition) is 1. The standard InChI is InChI=1S/C24H23N3O4/c1-31-24(30)19-12-17-16-9-5-6-10-18(16)25-23(17)20-13-26(14-22(29)27(19)20)21(28)11-15-7-3-2-4-8-15/h2-10,19-20,25H,11-14H2,1H3/t19-,20-/m1/s1. The minimum atomic E-state index is -0.694. The van der Waals surface area contributed by atoms with Gasteiger partial charge in [0.2, 0.25) is 11.8 Å². The third kappa shape index (κ3) is 3.26. The summed E-state index contributed by atoms with van der Waals surface area (Å²) >= 11 is 0. The number of aromatic amines is 1. The molecule has 0 saturated carbocycles. The van der Waals surface area contributed by atoms with E-state index in [1.54, 1.807) is 9.80 Å². The first-order valence-corrected chi connectivity index (χ1v) is 10.4. The molecule has 2 aliphatic heterocycles. The zero-order chi connectivity index (χ0) is 21.5. The van der Waals surface area contributed by atoms with Crippen molar-refractivity contribution in [2.24, 2.45) is 0 Å². The average molecular weight is 417 g/mol. The smallest absolute Gasteiger partial charge is 0.328 e. The van der Waals surface area contributed by atoms with Crippen LogP contribution in [-0.4, -0.2) is 58.8 Å². The van der Waals surface area contributed by atoms with E-state index in [1.807, 2.05) is 54.6 Å². The van der Waals surface area contributed by atoms with E-state index in [0.717, 1.165) is 27.7 Å². The number of nitrogens with zero attached hydrogens (tertiary/aromatic N) is 2. The second-order valence-electron chi connectivity index (χ2n) is 8.06. The molecule has 1 N–H and O–H groups in total. The van der Waals surface area contributed by atoms with Crippen molar-refractivity contribution in [3.8, 4) is 0 Å². The number of hydrogen-bond acceptors (Lipinski definition) is 4. The maximum Gasteiger partial charge on any atom is 0.328 e. The highest BCUT2D eigenvalue weighted by Crippen LogP contribution is 2.39. The van der Waals surface area contributed by atoms with E-state index in [1.165, 1.54) is 7.11 Å². The maximum atomic E-state index is 13.2. The van der Waals surface area contributed by atoms with Gasteiger partial charge in [0.05, 0.1) is 26.1 Å². The Hall–Kier alpha value is -3.61. The molecule has 0 unspecified atom stereocenters. The number of piperazine rings is 1. The van der Waals surface area contributed by atoms with Gasteiger partial charge in [-0.05, 0) is 17.2 Å². The second-order valence-corrected chi connectivity index (χ2v) is 8.06. The number of aromatic nitrogens is 1. The van der Waals surface area contributed by atoms with Gasteiger partial charge in [-0.15, -0.1) is 0 Å². The lowest BCUT2D eigenvalue weighted by molar-refractivity contribution is -0.162. The first kappa shape index (κ1) is 19.4. The Morgan fingerprint density at radius 3 is 2.61 bits per heavy atom. The number of benzene rings is 2. The van der Waals surface area contributed by atoms with E-state index in [0.29, 0.717) is 13.0 Å². The normalized spacial score (nSPS) is 20.4. The number of carbonyl (C=O) groups is 3. The van der Waals surface area contributed by atoms with Crippen molar-refractivity contribution in [1.29, 1.82) is 0 Å². The van der Waals surface area contributed by atoms with Gasteiger partial charge in [0, 0.05) is 29.6 Å². The van der Waals surface area contributed by atoms with Crippen LogP contribution in [0.15, 0.2) is 54.6 Å². The molecule has 0 spiro atoms. The van der Waals surface area contributed by atoms with E-state index in [4.69, 9.17) is 4.74 Å². The monoisotopic (exact) mass is 417 g/mol. The molecule has 2 aliphatic rings. The van der Waals surface area contributed by atoms with Crippen molar-refractivity contribution in [3.05, 3.63) is 71.4 Å². The van der Waals surface area contributed by atoms with Gasteiger partial charge < -0.3 is 19.5 Å². The number of fused-ring (bicyclic) bond motifs is 5. The predicted octanol–water partition coefficient (Wildman–Crippen LogP) is 2.22. The summed E-state index contributed by atoms with van der Waals surface area (Å²) < 4.78 is 5.02. The van der Waals surface area contributed by atoms with Gasteiger partial charge in [-0.2, -0.15) is 0 Å². The Kier molecular flexibility index (Phi) is 4.73. The van der Waals surface area contributed by atoms with Gasteiger partial charge in [0.25, 0.3) is 0 Å². The third-order valence-corrected chi connectivity index (χ3v) is 6.28. The van der Waals surface area contributed by atoms with Crippen LogP contribution in [0.3, 0.4) is 0 Å². The number of esters is 1. The summed E-state index contributed by atoms with van der Waals surface area (Å²) in [6.07, 6.45) is 0.632. The van der Waals surface area contributed by atoms with Crippen molar-refractivity contribution in [3.63, 3.8) is 0 Å². The predicted molar refractivity (Wildman–Crippen MR) is 114 cm³/mol. The molecule has 2 amide bonds. The lowest BCUT2D eigenvalue weighted by atomic mass is 9.89. The van der Waals surface area contributed by atoms with Crippen LogP contribution < -0.4 is 0 Å². The molecule has 1 aromatic heterocycles. The minimum Gasteiger partial charge on any atom is -0.467 e. The van der Waals surface area contributed by atoms with Crippen LogP contribution in [0.25, 0.3) is 10.9 Å². The number of H-pyrrole nitrogens is 1. The fourth-order valence-corrected chi connectivity index (χ4v) is 4.82. The van der Waals surface area contributed by atoms with E-state index in [9.17, 15) is 14.4 Å². The van der Waals surface area contributed by atoms with Crippen molar-refractivity contribution in [1.82, 2.24) is 14.8 Å². The van der Waals surface area contributed by atoms with Gasteiger partial charge in [-0.25, -0.2) is 4.79 Å². The summed E-state index contributed by atoms with van der Waals surface area (Å²) in [5, 5.41) is 1.03. The molecule has 5 rings (SSSR count). The Bertz CT molecular complexity index is 1170. The molecular weight excluding hydrogens is 394 g/mol. The summed E-state index contributed by atoms with van der Waals surface area (Å²) in [4.78, 5) is 45.4. The molecular formula is C24H23N3O4. The minimum absolute atomic E-state index is 0.0365. The molecule has 7 heteroatoms. The van der Waals surface area contributed by atoms with E-state index in [-0.39, 0.29) is 24.8 Å².